The van der Waals surface area contributed by atoms with E-state index < -0.39 is 0 Å². The number of hydrogen-bond acceptors (Lipinski definition) is 1. The van der Waals surface area contributed by atoms with E-state index in [1.807, 2.05) is 0 Å². The maximum absolute atomic E-state index is 3.81. The Hall–Kier alpha value is -1.31. The normalized spacial score (nSPS) is 28.4. The van der Waals surface area contributed by atoms with E-state index in [1.54, 1.807) is 11.1 Å². The summed E-state index contributed by atoms with van der Waals surface area (Å²) < 4.78 is 0. The maximum Gasteiger partial charge on any atom is 0.0205 e. The van der Waals surface area contributed by atoms with Crippen molar-refractivity contribution in [1.82, 2.24) is 5.32 Å². The van der Waals surface area contributed by atoms with Crippen molar-refractivity contribution in [3.8, 4) is 0 Å². The van der Waals surface area contributed by atoms with Crippen LogP contribution in [0.25, 0.3) is 0 Å². The molecule has 29 heavy (non-hydrogen) atoms. The molecule has 2 aromatic carbocycles. The van der Waals surface area contributed by atoms with Gasteiger partial charge in [-0.15, -0.1) is 12.4 Å². The van der Waals surface area contributed by atoms with Gasteiger partial charge in [-0.1, -0.05) is 82.6 Å². The minimum atomic E-state index is 0. The molecule has 0 unspecified atom stereocenters. The van der Waals surface area contributed by atoms with Crippen molar-refractivity contribution in [2.24, 2.45) is 11.3 Å². The molecule has 158 valence electrons. The zero-order valence-corrected chi connectivity index (χ0v) is 19.4. The number of nitrogens with one attached hydrogen (secondary N) is 1. The lowest BCUT2D eigenvalue weighted by molar-refractivity contribution is 0.0257. The van der Waals surface area contributed by atoms with E-state index in [4.69, 9.17) is 0 Å². The van der Waals surface area contributed by atoms with Crippen LogP contribution in [0.4, 0.5) is 0 Å². The SMILES string of the molecule is CC(C)c1ccc2c(c1)CC[C@H]1[C@](C)(CNCc3ccccc3)CCC[C@]21C.Cl. The second-order valence-corrected chi connectivity index (χ2v) is 10.2. The predicted molar refractivity (Wildman–Crippen MR) is 127 cm³/mol. The Labute approximate surface area is 184 Å². The molecule has 0 bridgehead atoms. The highest BCUT2D eigenvalue weighted by molar-refractivity contribution is 5.85. The van der Waals surface area contributed by atoms with Gasteiger partial charge in [0.15, 0.2) is 0 Å². The van der Waals surface area contributed by atoms with E-state index in [2.05, 4.69) is 81.5 Å². The Morgan fingerprint density at radius 2 is 1.79 bits per heavy atom. The van der Waals surface area contributed by atoms with Gasteiger partial charge in [-0.3, -0.25) is 0 Å². The minimum Gasteiger partial charge on any atom is -0.312 e. The summed E-state index contributed by atoms with van der Waals surface area (Å²) in [6, 6.07) is 18.2. The van der Waals surface area contributed by atoms with Crippen LogP contribution in [-0.4, -0.2) is 6.54 Å². The summed E-state index contributed by atoms with van der Waals surface area (Å²) in [5.74, 6) is 1.39. The Kier molecular flexibility index (Phi) is 6.81. The molecule has 1 N–H and O–H groups in total. The van der Waals surface area contributed by atoms with Crippen molar-refractivity contribution < 1.29 is 0 Å². The lowest BCUT2D eigenvalue weighted by Crippen LogP contribution is -2.52. The molecule has 3 atom stereocenters. The van der Waals surface area contributed by atoms with Crippen LogP contribution >= 0.6 is 12.4 Å². The van der Waals surface area contributed by atoms with E-state index in [9.17, 15) is 0 Å². The molecule has 4 rings (SSSR count). The standard InChI is InChI=1S/C27H37N.ClH/c1-20(2)22-11-13-24-23(17-22)12-14-25-26(3,15-8-16-27(24,25)4)19-28-18-21-9-6-5-7-10-21;/h5-7,9-11,13,17,20,25,28H,8,12,14-16,18-19H2,1-4H3;1H/t25-,26-,27+;/m0./s1. The molecule has 2 aliphatic carbocycles. The highest BCUT2D eigenvalue weighted by atomic mass is 35.5. The molecule has 2 heteroatoms. The van der Waals surface area contributed by atoms with Gasteiger partial charge in [0.05, 0.1) is 0 Å². The first-order valence-corrected chi connectivity index (χ1v) is 11.3. The Bertz CT molecular complexity index is 815. The maximum atomic E-state index is 3.81. The van der Waals surface area contributed by atoms with E-state index in [0.29, 0.717) is 16.7 Å². The van der Waals surface area contributed by atoms with E-state index in [-0.39, 0.29) is 12.4 Å². The van der Waals surface area contributed by atoms with Crippen LogP contribution in [0, 0.1) is 11.3 Å². The van der Waals surface area contributed by atoms with Crippen LogP contribution < -0.4 is 5.32 Å². The molecule has 0 aromatic heterocycles. The van der Waals surface area contributed by atoms with Crippen LogP contribution in [0.5, 0.6) is 0 Å². The predicted octanol–water partition coefficient (Wildman–Crippen LogP) is 7.03. The molecule has 0 radical (unpaired) electrons. The van der Waals surface area contributed by atoms with Gasteiger partial charge < -0.3 is 5.32 Å². The largest absolute Gasteiger partial charge is 0.312 e. The number of halogens is 1. The molecule has 0 aliphatic heterocycles. The fraction of sp³-hybridized carbons (Fsp3) is 0.556. The van der Waals surface area contributed by atoms with Gasteiger partial charge in [-0.2, -0.15) is 0 Å². The Morgan fingerprint density at radius 3 is 2.52 bits per heavy atom. The van der Waals surface area contributed by atoms with Crippen molar-refractivity contribution in [3.05, 3.63) is 70.8 Å². The Morgan fingerprint density at radius 1 is 1.03 bits per heavy atom. The summed E-state index contributed by atoms with van der Waals surface area (Å²) in [4.78, 5) is 0. The average Bonchev–Trinajstić information content (AvgIpc) is 2.68. The highest BCUT2D eigenvalue weighted by Crippen LogP contribution is 2.57. The number of hydrogen-bond donors (Lipinski definition) is 1. The molecule has 0 amide bonds. The van der Waals surface area contributed by atoms with Crippen molar-refractivity contribution >= 4 is 12.4 Å². The Balaban J connectivity index is 0.00000240. The summed E-state index contributed by atoms with van der Waals surface area (Å²) in [6.45, 7) is 11.9. The molecule has 1 nitrogen and oxygen atoms in total. The molecule has 2 aliphatic rings. The summed E-state index contributed by atoms with van der Waals surface area (Å²) in [6.07, 6.45) is 6.65. The zero-order chi connectivity index (χ0) is 19.8. The molecular weight excluding hydrogens is 374 g/mol. The third-order valence-corrected chi connectivity index (χ3v) is 7.87. The third kappa shape index (κ3) is 4.28. The van der Waals surface area contributed by atoms with Crippen molar-refractivity contribution in [2.75, 3.05) is 6.54 Å². The van der Waals surface area contributed by atoms with Crippen LogP contribution in [0.3, 0.4) is 0 Å². The monoisotopic (exact) mass is 411 g/mol. The van der Waals surface area contributed by atoms with Crippen LogP contribution in [0.15, 0.2) is 48.5 Å². The van der Waals surface area contributed by atoms with Gasteiger partial charge in [0, 0.05) is 13.1 Å². The molecule has 1 fully saturated rings. The third-order valence-electron chi connectivity index (χ3n) is 7.87. The van der Waals surface area contributed by atoms with Gasteiger partial charge in [0.25, 0.3) is 0 Å². The first-order chi connectivity index (χ1) is 13.4. The van der Waals surface area contributed by atoms with E-state index in [1.165, 1.54) is 43.2 Å². The lowest BCUT2D eigenvalue weighted by Gasteiger charge is -2.55. The molecule has 0 saturated heterocycles. The van der Waals surface area contributed by atoms with Crippen LogP contribution in [0.2, 0.25) is 0 Å². The van der Waals surface area contributed by atoms with Crippen LogP contribution in [-0.2, 0) is 18.4 Å². The zero-order valence-electron chi connectivity index (χ0n) is 18.6. The van der Waals surface area contributed by atoms with E-state index in [0.717, 1.165) is 19.0 Å². The summed E-state index contributed by atoms with van der Waals surface area (Å²) in [5.41, 5.74) is 6.90. The van der Waals surface area contributed by atoms with Crippen molar-refractivity contribution in [2.45, 2.75) is 77.7 Å². The van der Waals surface area contributed by atoms with E-state index >= 15 is 0 Å². The molecule has 1 saturated carbocycles. The first-order valence-electron chi connectivity index (χ1n) is 11.3. The topological polar surface area (TPSA) is 12.0 Å². The number of benzene rings is 2. The first kappa shape index (κ1) is 22.4. The van der Waals surface area contributed by atoms with Crippen LogP contribution in [0.1, 0.15) is 81.5 Å². The van der Waals surface area contributed by atoms with Crippen molar-refractivity contribution in [1.29, 1.82) is 0 Å². The smallest absolute Gasteiger partial charge is 0.0205 e. The van der Waals surface area contributed by atoms with Crippen molar-refractivity contribution in [3.63, 3.8) is 0 Å². The summed E-state index contributed by atoms with van der Waals surface area (Å²) in [5, 5.41) is 3.81. The molecule has 0 spiro atoms. The fourth-order valence-corrected chi connectivity index (χ4v) is 6.30. The van der Waals surface area contributed by atoms with Gasteiger partial charge in [0.1, 0.15) is 0 Å². The summed E-state index contributed by atoms with van der Waals surface area (Å²) in [7, 11) is 0. The number of aryl methyl sites for hydroxylation is 1. The minimum absolute atomic E-state index is 0. The quantitative estimate of drug-likeness (QED) is 0.556. The van der Waals surface area contributed by atoms with Gasteiger partial charge in [0.2, 0.25) is 0 Å². The fourth-order valence-electron chi connectivity index (χ4n) is 6.30. The van der Waals surface area contributed by atoms with Gasteiger partial charge >= 0.3 is 0 Å². The second kappa shape index (κ2) is 8.82. The average molecular weight is 412 g/mol. The van der Waals surface area contributed by atoms with Gasteiger partial charge in [-0.05, 0) is 70.6 Å². The molecule has 0 heterocycles. The molecular formula is C27H38ClN. The second-order valence-electron chi connectivity index (χ2n) is 10.2. The number of fused-ring (bicyclic) bond motifs is 3. The molecule has 2 aromatic rings. The lowest BCUT2D eigenvalue weighted by atomic mass is 9.49. The number of rotatable bonds is 5. The summed E-state index contributed by atoms with van der Waals surface area (Å²) >= 11 is 0. The van der Waals surface area contributed by atoms with Gasteiger partial charge in [-0.25, -0.2) is 0 Å². The highest BCUT2D eigenvalue weighted by Gasteiger charge is 2.51.